The minimum Gasteiger partial charge on any atom is -0.481 e. The molecule has 2 aliphatic rings. The van der Waals surface area contributed by atoms with Crippen molar-refractivity contribution in [1.29, 1.82) is 0 Å². The summed E-state index contributed by atoms with van der Waals surface area (Å²) in [6, 6.07) is 2.58. The van der Waals surface area contributed by atoms with E-state index in [1.807, 2.05) is 0 Å². The van der Waals surface area contributed by atoms with E-state index in [1.165, 1.54) is 16.7 Å². The number of aliphatic carboxylic acids is 1. The second kappa shape index (κ2) is 11.6. The van der Waals surface area contributed by atoms with E-state index in [0.717, 1.165) is 17.1 Å². The van der Waals surface area contributed by atoms with Crippen LogP contribution in [0.3, 0.4) is 0 Å². The number of oxime groups is 1. The van der Waals surface area contributed by atoms with Gasteiger partial charge in [0.1, 0.15) is 22.4 Å². The van der Waals surface area contributed by atoms with Crippen LogP contribution in [0.5, 0.6) is 0 Å². The highest BCUT2D eigenvalue weighted by molar-refractivity contribution is 8.00. The molecule has 4 rings (SSSR count). The van der Waals surface area contributed by atoms with Crippen LogP contribution in [-0.2, 0) is 28.8 Å². The third kappa shape index (κ3) is 6.56. The Hall–Kier alpha value is -4.05. The molecule has 0 bridgehead atoms. The van der Waals surface area contributed by atoms with Gasteiger partial charge in [-0.25, -0.2) is 4.79 Å². The molecule has 2 fully saturated rings. The molecule has 0 saturated carbocycles. The van der Waals surface area contributed by atoms with Crippen LogP contribution in [0.15, 0.2) is 35.8 Å². The SMILES string of the molecule is CC(C)(C)OC(=O)CON=C(C(=O)NC1C(=O)N2CC(C=Cc3cccnc3)(C(=O)O)CS[C@H]12)c1nsc(N)n1. The fourth-order valence-electron chi connectivity index (χ4n) is 3.87. The normalized spacial score (nSPS) is 22.8. The number of nitrogens with zero attached hydrogens (tertiary/aromatic N) is 5. The Labute approximate surface area is 237 Å². The summed E-state index contributed by atoms with van der Waals surface area (Å²) in [5, 5.41) is 15.9. The third-order valence-electron chi connectivity index (χ3n) is 5.72. The molecule has 0 spiro atoms. The molecule has 212 valence electrons. The van der Waals surface area contributed by atoms with Crippen molar-refractivity contribution in [1.82, 2.24) is 24.6 Å². The first-order valence-corrected chi connectivity index (χ1v) is 13.8. The lowest BCUT2D eigenvalue weighted by atomic mass is 9.86. The van der Waals surface area contributed by atoms with Gasteiger partial charge in [0, 0.05) is 36.2 Å². The predicted molar refractivity (Wildman–Crippen MR) is 146 cm³/mol. The Morgan fingerprint density at radius 2 is 2.15 bits per heavy atom. The zero-order valence-corrected chi connectivity index (χ0v) is 23.4. The first kappa shape index (κ1) is 28.9. The molecule has 14 nitrogen and oxygen atoms in total. The molecule has 0 radical (unpaired) electrons. The molecule has 2 aromatic heterocycles. The Kier molecular flexibility index (Phi) is 8.39. The van der Waals surface area contributed by atoms with Crippen molar-refractivity contribution in [3.05, 3.63) is 42.0 Å². The molecule has 2 aliphatic heterocycles. The summed E-state index contributed by atoms with van der Waals surface area (Å²) in [5.74, 6) is -3.02. The Bertz CT molecular complexity index is 1360. The average Bonchev–Trinajstić information content (AvgIpc) is 3.33. The van der Waals surface area contributed by atoms with Gasteiger partial charge in [0.2, 0.25) is 24.1 Å². The molecule has 4 heterocycles. The van der Waals surface area contributed by atoms with E-state index in [-0.39, 0.29) is 29.0 Å². The number of hydrogen-bond acceptors (Lipinski definition) is 13. The molecule has 4 N–H and O–H groups in total. The third-order valence-corrected chi connectivity index (χ3v) is 7.82. The smallest absolute Gasteiger partial charge is 0.347 e. The maximum Gasteiger partial charge on any atom is 0.347 e. The number of nitrogens with one attached hydrogen (secondary N) is 1. The van der Waals surface area contributed by atoms with E-state index in [1.54, 1.807) is 57.4 Å². The minimum atomic E-state index is -1.31. The van der Waals surface area contributed by atoms with Crippen LogP contribution >= 0.6 is 23.3 Å². The van der Waals surface area contributed by atoms with Crippen molar-refractivity contribution in [2.75, 3.05) is 24.6 Å². The maximum absolute atomic E-state index is 13.1. The predicted octanol–water partition coefficient (Wildman–Crippen LogP) is 0.762. The standard InChI is InChI=1S/C24H27N7O7S2/c1-23(2,3)38-14(32)10-37-29-15(17-28-22(25)40-30-17)18(33)27-16-19(34)31-11-24(21(35)36,12-39-20(16)31)7-6-13-5-4-8-26-9-13/h4-9,16,20H,10-12H2,1-3H3,(H,27,33)(H,35,36)(H2,25,28,30)/t16?,20-,24?/m1/s1. The maximum atomic E-state index is 13.1. The van der Waals surface area contributed by atoms with Gasteiger partial charge in [0.15, 0.2) is 5.13 Å². The van der Waals surface area contributed by atoms with Crippen LogP contribution in [0, 0.1) is 5.41 Å². The lowest BCUT2D eigenvalue weighted by Crippen LogP contribution is -2.73. The number of nitrogens with two attached hydrogens (primary N) is 1. The number of nitrogen functional groups attached to an aromatic ring is 1. The number of amides is 2. The van der Waals surface area contributed by atoms with E-state index in [9.17, 15) is 24.3 Å². The number of aromatic nitrogens is 3. The zero-order valence-electron chi connectivity index (χ0n) is 21.8. The molecule has 2 amide bonds. The van der Waals surface area contributed by atoms with Gasteiger partial charge in [-0.2, -0.15) is 9.36 Å². The van der Waals surface area contributed by atoms with Gasteiger partial charge in [-0.3, -0.25) is 19.4 Å². The summed E-state index contributed by atoms with van der Waals surface area (Å²) in [5.41, 5.74) is 3.93. The van der Waals surface area contributed by atoms with Gasteiger partial charge < -0.3 is 30.6 Å². The molecule has 2 unspecified atom stereocenters. The summed E-state index contributed by atoms with van der Waals surface area (Å²) in [6.07, 6.45) is 6.45. The molecule has 16 heteroatoms. The Balaban J connectivity index is 1.44. The second-order valence-corrected chi connectivity index (χ2v) is 11.8. The minimum absolute atomic E-state index is 0.0634. The van der Waals surface area contributed by atoms with Crippen molar-refractivity contribution in [2.24, 2.45) is 10.6 Å². The lowest BCUT2D eigenvalue weighted by Gasteiger charge is -2.53. The van der Waals surface area contributed by atoms with Crippen molar-refractivity contribution >= 4 is 64.0 Å². The number of carbonyl (C=O) groups is 4. The Morgan fingerprint density at radius 1 is 1.38 bits per heavy atom. The molecular weight excluding hydrogens is 562 g/mol. The molecule has 3 atom stereocenters. The van der Waals surface area contributed by atoms with Crippen molar-refractivity contribution in [2.45, 2.75) is 37.8 Å². The number of hydrogen-bond donors (Lipinski definition) is 3. The zero-order chi connectivity index (χ0) is 29.1. The van der Waals surface area contributed by atoms with E-state index in [0.29, 0.717) is 0 Å². The van der Waals surface area contributed by atoms with Crippen LogP contribution in [0.1, 0.15) is 32.2 Å². The largest absolute Gasteiger partial charge is 0.481 e. The van der Waals surface area contributed by atoms with Gasteiger partial charge >= 0.3 is 11.9 Å². The highest BCUT2D eigenvalue weighted by Gasteiger charge is 2.57. The average molecular weight is 590 g/mol. The number of fused-ring (bicyclic) bond motifs is 1. The van der Waals surface area contributed by atoms with Gasteiger partial charge in [0.25, 0.3) is 5.91 Å². The highest BCUT2D eigenvalue weighted by atomic mass is 32.2. The summed E-state index contributed by atoms with van der Waals surface area (Å²) in [4.78, 5) is 64.7. The van der Waals surface area contributed by atoms with Gasteiger partial charge in [-0.1, -0.05) is 23.4 Å². The van der Waals surface area contributed by atoms with Crippen molar-refractivity contribution in [3.8, 4) is 0 Å². The summed E-state index contributed by atoms with van der Waals surface area (Å²) >= 11 is 2.06. The van der Waals surface area contributed by atoms with Gasteiger partial charge in [-0.15, -0.1) is 11.8 Å². The first-order valence-electron chi connectivity index (χ1n) is 12.0. The number of carboxylic acid groups (broad SMARTS) is 1. The topological polar surface area (TPSA) is 199 Å². The van der Waals surface area contributed by atoms with E-state index in [4.69, 9.17) is 15.3 Å². The number of thioether (sulfide) groups is 1. The monoisotopic (exact) mass is 589 g/mol. The van der Waals surface area contributed by atoms with Gasteiger partial charge in [-0.05, 0) is 32.4 Å². The number of anilines is 1. The molecule has 0 aromatic carbocycles. The van der Waals surface area contributed by atoms with Crippen molar-refractivity contribution < 1.29 is 33.9 Å². The number of ether oxygens (including phenoxy) is 1. The second-order valence-electron chi connectivity index (χ2n) is 9.96. The van der Waals surface area contributed by atoms with E-state index >= 15 is 0 Å². The molecule has 2 aromatic rings. The Morgan fingerprint density at radius 3 is 2.77 bits per heavy atom. The summed E-state index contributed by atoms with van der Waals surface area (Å²) in [7, 11) is 0. The van der Waals surface area contributed by atoms with Crippen LogP contribution < -0.4 is 11.1 Å². The fraction of sp³-hybridized carbons (Fsp3) is 0.417. The van der Waals surface area contributed by atoms with E-state index < -0.39 is 52.8 Å². The van der Waals surface area contributed by atoms with Crippen LogP contribution in [0.2, 0.25) is 0 Å². The first-order chi connectivity index (χ1) is 18.9. The number of carboxylic acids is 1. The lowest BCUT2D eigenvalue weighted by molar-refractivity contribution is -0.160. The molecule has 2 saturated heterocycles. The summed E-state index contributed by atoms with van der Waals surface area (Å²) in [6.45, 7) is 4.43. The molecule has 0 aliphatic carbocycles. The van der Waals surface area contributed by atoms with E-state index in [2.05, 4.69) is 24.8 Å². The van der Waals surface area contributed by atoms with Crippen molar-refractivity contribution in [3.63, 3.8) is 0 Å². The summed E-state index contributed by atoms with van der Waals surface area (Å²) < 4.78 is 9.11. The fourth-order valence-corrected chi connectivity index (χ4v) is 5.82. The van der Waals surface area contributed by atoms with Crippen LogP contribution in [0.25, 0.3) is 6.08 Å². The van der Waals surface area contributed by atoms with Crippen LogP contribution in [-0.4, -0.2) is 89.7 Å². The highest BCUT2D eigenvalue weighted by Crippen LogP contribution is 2.43. The number of β-lactam (4-membered cyclic amide) rings is 1. The quantitative estimate of drug-likeness (QED) is 0.161. The van der Waals surface area contributed by atoms with Crippen LogP contribution in [0.4, 0.5) is 5.13 Å². The number of rotatable bonds is 9. The number of esters is 1. The molecular formula is C24H27N7O7S2. The van der Waals surface area contributed by atoms with Gasteiger partial charge in [0.05, 0.1) is 0 Å². The number of carbonyl (C=O) groups excluding carboxylic acids is 3. The molecule has 40 heavy (non-hydrogen) atoms. The number of pyridine rings is 1.